The molecule has 1 aromatic carbocycles. The van der Waals surface area contributed by atoms with Gasteiger partial charge in [-0.15, -0.1) is 0 Å². The van der Waals surface area contributed by atoms with Gasteiger partial charge >= 0.3 is 0 Å². The summed E-state index contributed by atoms with van der Waals surface area (Å²) in [4.78, 5) is 18.5. The van der Waals surface area contributed by atoms with Crippen LogP contribution in [-0.4, -0.2) is 22.4 Å². The lowest BCUT2D eigenvalue weighted by Gasteiger charge is -2.20. The number of pyridine rings is 1. The number of carbonyl (C=O) groups is 1. The third-order valence-corrected chi connectivity index (χ3v) is 4.25. The summed E-state index contributed by atoms with van der Waals surface area (Å²) in [5, 5.41) is 0. The van der Waals surface area contributed by atoms with Crippen molar-refractivity contribution in [3.8, 4) is 17.4 Å². The first-order valence-electron chi connectivity index (χ1n) is 9.40. The quantitative estimate of drug-likeness (QED) is 0.403. The summed E-state index contributed by atoms with van der Waals surface area (Å²) in [6.07, 6.45) is 4.82. The van der Waals surface area contributed by atoms with Crippen molar-refractivity contribution in [1.29, 1.82) is 0 Å². The number of amides is 1. The van der Waals surface area contributed by atoms with Crippen molar-refractivity contribution in [3.05, 3.63) is 97.0 Å². The summed E-state index contributed by atoms with van der Waals surface area (Å²) < 4.78 is 22.1. The highest BCUT2D eigenvalue weighted by molar-refractivity contribution is 5.77. The number of rotatable bonds is 9. The Kier molecular flexibility index (Phi) is 6.10. The van der Waals surface area contributed by atoms with Crippen LogP contribution in [-0.2, 0) is 17.9 Å². The number of furan rings is 2. The van der Waals surface area contributed by atoms with Crippen molar-refractivity contribution in [2.45, 2.75) is 13.1 Å². The molecule has 152 valence electrons. The summed E-state index contributed by atoms with van der Waals surface area (Å²) in [6.45, 7) is 0.543. The smallest absolute Gasteiger partial charge is 0.261 e. The van der Waals surface area contributed by atoms with Gasteiger partial charge in [0, 0.05) is 12.3 Å². The zero-order valence-corrected chi connectivity index (χ0v) is 16.1. The number of carbonyl (C=O) groups excluding carboxylic acids is 1. The first-order chi connectivity index (χ1) is 14.8. The van der Waals surface area contributed by atoms with Crippen molar-refractivity contribution < 1.29 is 23.1 Å². The molecular weight excluding hydrogens is 384 g/mol. The zero-order chi connectivity index (χ0) is 20.6. The minimum atomic E-state index is -0.184. The fourth-order valence-corrected chi connectivity index (χ4v) is 2.78. The Hall–Kier alpha value is -4.00. The highest BCUT2D eigenvalue weighted by Gasteiger charge is 2.18. The van der Waals surface area contributed by atoms with Crippen LogP contribution in [0.1, 0.15) is 11.5 Å². The molecule has 7 nitrogen and oxygen atoms in total. The van der Waals surface area contributed by atoms with Crippen molar-refractivity contribution >= 4 is 5.91 Å². The van der Waals surface area contributed by atoms with Crippen LogP contribution in [0, 0.1) is 0 Å². The van der Waals surface area contributed by atoms with Gasteiger partial charge in [-0.1, -0.05) is 6.07 Å². The largest absolute Gasteiger partial charge is 0.484 e. The third kappa shape index (κ3) is 5.29. The van der Waals surface area contributed by atoms with E-state index in [0.29, 0.717) is 42.0 Å². The number of hydrogen-bond donors (Lipinski definition) is 0. The van der Waals surface area contributed by atoms with Gasteiger partial charge in [-0.05, 0) is 54.6 Å². The predicted molar refractivity (Wildman–Crippen MR) is 108 cm³/mol. The van der Waals surface area contributed by atoms with Gasteiger partial charge in [-0.2, -0.15) is 0 Å². The van der Waals surface area contributed by atoms with Crippen LogP contribution in [0.3, 0.4) is 0 Å². The Bertz CT molecular complexity index is 993. The summed E-state index contributed by atoms with van der Waals surface area (Å²) in [5.41, 5.74) is 0. The van der Waals surface area contributed by atoms with Gasteiger partial charge in [0.25, 0.3) is 5.91 Å². The molecule has 0 aliphatic heterocycles. The van der Waals surface area contributed by atoms with Gasteiger partial charge in [0.1, 0.15) is 23.0 Å². The molecule has 3 heterocycles. The molecule has 0 saturated heterocycles. The van der Waals surface area contributed by atoms with Crippen LogP contribution in [0.15, 0.2) is 94.3 Å². The SMILES string of the molecule is O=C(COc1ccc(Oc2ccccn2)cc1)N(Cc1ccco1)Cc1ccco1. The maximum absolute atomic E-state index is 12.8. The van der Waals surface area contributed by atoms with Crippen LogP contribution >= 0.6 is 0 Å². The summed E-state index contributed by atoms with van der Waals surface area (Å²) >= 11 is 0. The molecular formula is C23H20N2O5. The zero-order valence-electron chi connectivity index (χ0n) is 16.1. The minimum Gasteiger partial charge on any atom is -0.484 e. The summed E-state index contributed by atoms with van der Waals surface area (Å²) in [5.74, 6) is 2.89. The van der Waals surface area contributed by atoms with Crippen LogP contribution in [0.2, 0.25) is 0 Å². The predicted octanol–water partition coefficient (Wildman–Crippen LogP) is 4.67. The van der Waals surface area contributed by atoms with E-state index in [-0.39, 0.29) is 12.5 Å². The maximum atomic E-state index is 12.8. The molecule has 7 heteroatoms. The second kappa shape index (κ2) is 9.47. The molecule has 0 aliphatic carbocycles. The van der Waals surface area contributed by atoms with E-state index in [2.05, 4.69) is 4.98 Å². The van der Waals surface area contributed by atoms with Crippen molar-refractivity contribution in [3.63, 3.8) is 0 Å². The lowest BCUT2D eigenvalue weighted by atomic mass is 10.3. The average molecular weight is 404 g/mol. The van der Waals surface area contributed by atoms with Crippen LogP contribution in [0.25, 0.3) is 0 Å². The molecule has 0 saturated carbocycles. The first kappa shape index (κ1) is 19.3. The number of nitrogens with zero attached hydrogens (tertiary/aromatic N) is 2. The van der Waals surface area contributed by atoms with Crippen LogP contribution in [0.4, 0.5) is 0 Å². The Morgan fingerprint density at radius 3 is 2.07 bits per heavy atom. The second-order valence-corrected chi connectivity index (χ2v) is 6.44. The number of hydrogen-bond acceptors (Lipinski definition) is 6. The maximum Gasteiger partial charge on any atom is 0.261 e. The van der Waals surface area contributed by atoms with Gasteiger partial charge in [0.15, 0.2) is 6.61 Å². The van der Waals surface area contributed by atoms with Crippen molar-refractivity contribution in [2.24, 2.45) is 0 Å². The van der Waals surface area contributed by atoms with E-state index in [1.54, 1.807) is 66.1 Å². The Morgan fingerprint density at radius 2 is 1.50 bits per heavy atom. The molecule has 0 atom stereocenters. The molecule has 0 spiro atoms. The fraction of sp³-hybridized carbons (Fsp3) is 0.130. The fourth-order valence-electron chi connectivity index (χ4n) is 2.78. The first-order valence-corrected chi connectivity index (χ1v) is 9.40. The van der Waals surface area contributed by atoms with Crippen molar-refractivity contribution in [2.75, 3.05) is 6.61 Å². The molecule has 4 rings (SSSR count). The molecule has 0 fully saturated rings. The van der Waals surface area contributed by atoms with E-state index in [1.165, 1.54) is 0 Å². The standard InChI is InChI=1S/C23H20N2O5/c26-23(25(15-20-5-3-13-27-20)16-21-6-4-14-28-21)17-29-18-8-10-19(11-9-18)30-22-7-1-2-12-24-22/h1-14H,15-17H2. The monoisotopic (exact) mass is 404 g/mol. The van der Waals surface area contributed by atoms with E-state index in [4.69, 9.17) is 18.3 Å². The molecule has 3 aromatic heterocycles. The topological polar surface area (TPSA) is 77.9 Å². The molecule has 0 unspecified atom stereocenters. The second-order valence-electron chi connectivity index (χ2n) is 6.44. The van der Waals surface area contributed by atoms with E-state index >= 15 is 0 Å². The molecule has 0 aliphatic rings. The Labute approximate surface area is 173 Å². The summed E-state index contributed by atoms with van der Waals surface area (Å²) in [7, 11) is 0. The third-order valence-electron chi connectivity index (χ3n) is 4.25. The minimum absolute atomic E-state index is 0.109. The highest BCUT2D eigenvalue weighted by Crippen LogP contribution is 2.22. The van der Waals surface area contributed by atoms with E-state index in [0.717, 1.165) is 0 Å². The number of benzene rings is 1. The van der Waals surface area contributed by atoms with Gasteiger partial charge in [0.05, 0.1) is 25.6 Å². The lowest BCUT2D eigenvalue weighted by molar-refractivity contribution is -0.135. The van der Waals surface area contributed by atoms with E-state index in [1.807, 2.05) is 24.3 Å². The highest BCUT2D eigenvalue weighted by atomic mass is 16.5. The molecule has 30 heavy (non-hydrogen) atoms. The van der Waals surface area contributed by atoms with Gasteiger partial charge in [0.2, 0.25) is 5.88 Å². The van der Waals surface area contributed by atoms with E-state index in [9.17, 15) is 4.79 Å². The van der Waals surface area contributed by atoms with Gasteiger partial charge in [-0.25, -0.2) is 4.98 Å². The number of ether oxygens (including phenoxy) is 2. The van der Waals surface area contributed by atoms with Gasteiger partial charge in [-0.3, -0.25) is 4.79 Å². The molecule has 0 bridgehead atoms. The molecule has 0 N–H and O–H groups in total. The lowest BCUT2D eigenvalue weighted by Crippen LogP contribution is -2.33. The van der Waals surface area contributed by atoms with E-state index < -0.39 is 0 Å². The molecule has 1 amide bonds. The van der Waals surface area contributed by atoms with Crippen LogP contribution < -0.4 is 9.47 Å². The summed E-state index contributed by atoms with van der Waals surface area (Å²) in [6, 6.07) is 19.7. The number of aromatic nitrogens is 1. The average Bonchev–Trinajstić information content (AvgIpc) is 3.48. The Morgan fingerprint density at radius 1 is 0.833 bits per heavy atom. The van der Waals surface area contributed by atoms with Crippen LogP contribution in [0.5, 0.6) is 17.4 Å². The molecule has 0 radical (unpaired) electrons. The Balaban J connectivity index is 1.35. The van der Waals surface area contributed by atoms with Gasteiger partial charge < -0.3 is 23.2 Å². The normalized spacial score (nSPS) is 10.5. The molecule has 4 aromatic rings. The van der Waals surface area contributed by atoms with Crippen molar-refractivity contribution in [1.82, 2.24) is 9.88 Å².